The van der Waals surface area contributed by atoms with Crippen molar-refractivity contribution in [1.82, 2.24) is 5.01 Å². The van der Waals surface area contributed by atoms with Crippen LogP contribution < -0.4 is 4.90 Å². The first-order valence-electron chi connectivity index (χ1n) is 11.3. The van der Waals surface area contributed by atoms with Gasteiger partial charge in [-0.3, -0.25) is 9.80 Å². The molecule has 0 fully saturated rings. The molecule has 3 rings (SSSR count). The lowest BCUT2D eigenvalue weighted by molar-refractivity contribution is -0.137. The average molecular weight is 621 g/mol. The van der Waals surface area contributed by atoms with E-state index in [4.69, 9.17) is 16.3 Å². The van der Waals surface area contributed by atoms with Crippen LogP contribution in [0.1, 0.15) is 30.9 Å². The number of carbonyl (C=O) groups excluding carboxylic acids is 2. The summed E-state index contributed by atoms with van der Waals surface area (Å²) in [4.78, 5) is 26.7. The molecule has 0 bridgehead atoms. The van der Waals surface area contributed by atoms with Gasteiger partial charge in [-0.05, 0) is 66.8 Å². The second kappa shape index (κ2) is 12.1. The molecule has 12 heteroatoms. The summed E-state index contributed by atoms with van der Waals surface area (Å²) in [6, 6.07) is 10.2. The van der Waals surface area contributed by atoms with E-state index in [0.717, 1.165) is 27.6 Å². The number of benzene rings is 2. The summed E-state index contributed by atoms with van der Waals surface area (Å²) >= 11 is 11.0. The Morgan fingerprint density at radius 1 is 1.24 bits per heavy atom. The summed E-state index contributed by atoms with van der Waals surface area (Å²) in [6.45, 7) is 2.08. The van der Waals surface area contributed by atoms with Gasteiger partial charge in [0.25, 0.3) is 5.91 Å². The number of amides is 2. The molecule has 0 N–H and O–H groups in total. The Hall–Kier alpha value is -2.24. The molecule has 200 valence electrons. The molecule has 1 aliphatic rings. The second-order valence-corrected chi connectivity index (χ2v) is 11.1. The van der Waals surface area contributed by atoms with Gasteiger partial charge in [0.1, 0.15) is 6.54 Å². The fraction of sp³-hybridized carbons (Fsp3) is 0.400. The van der Waals surface area contributed by atoms with Crippen molar-refractivity contribution in [2.24, 2.45) is 10.5 Å². The SMILES string of the molecule is COC(=O)N(C(=O)CN1CC(C)(CCCSC)C(c2ccc(C(F)(F)F)c(Cl)c2)=N1)c1ccc(Br)cc1. The minimum Gasteiger partial charge on any atom is -0.452 e. The van der Waals surface area contributed by atoms with Crippen molar-refractivity contribution in [2.45, 2.75) is 25.9 Å². The summed E-state index contributed by atoms with van der Waals surface area (Å²) in [7, 11) is 1.19. The van der Waals surface area contributed by atoms with Crippen molar-refractivity contribution in [3.05, 3.63) is 63.1 Å². The molecule has 1 atom stereocenters. The van der Waals surface area contributed by atoms with E-state index in [1.165, 1.54) is 24.3 Å². The summed E-state index contributed by atoms with van der Waals surface area (Å²) in [5, 5.41) is 5.76. The molecule has 2 aromatic rings. The molecule has 2 amide bonds. The van der Waals surface area contributed by atoms with E-state index in [-0.39, 0.29) is 6.54 Å². The van der Waals surface area contributed by atoms with Gasteiger partial charge in [-0.2, -0.15) is 30.0 Å². The van der Waals surface area contributed by atoms with Gasteiger partial charge >= 0.3 is 12.3 Å². The van der Waals surface area contributed by atoms with Crippen LogP contribution in [0.5, 0.6) is 0 Å². The first kappa shape index (κ1) is 29.3. The highest BCUT2D eigenvalue weighted by Crippen LogP contribution is 2.39. The number of hydrogen-bond acceptors (Lipinski definition) is 6. The molecule has 6 nitrogen and oxygen atoms in total. The van der Waals surface area contributed by atoms with Gasteiger partial charge in [-0.25, -0.2) is 9.69 Å². The number of anilines is 1. The minimum absolute atomic E-state index is 0.235. The number of hydrogen-bond donors (Lipinski definition) is 0. The molecule has 1 aliphatic heterocycles. The van der Waals surface area contributed by atoms with Gasteiger partial charge in [-0.15, -0.1) is 0 Å². The van der Waals surface area contributed by atoms with E-state index in [2.05, 4.69) is 21.0 Å². The third-order valence-electron chi connectivity index (χ3n) is 5.98. The van der Waals surface area contributed by atoms with E-state index >= 15 is 0 Å². The topological polar surface area (TPSA) is 62.2 Å². The lowest BCUT2D eigenvalue weighted by Gasteiger charge is -2.27. The number of alkyl halides is 3. The number of ether oxygens (including phenoxy) is 1. The Morgan fingerprint density at radius 3 is 2.49 bits per heavy atom. The summed E-state index contributed by atoms with van der Waals surface area (Å²) in [5.41, 5.74) is -0.133. The highest BCUT2D eigenvalue weighted by atomic mass is 79.9. The minimum atomic E-state index is -4.57. The van der Waals surface area contributed by atoms with Crippen molar-refractivity contribution in [1.29, 1.82) is 0 Å². The maximum absolute atomic E-state index is 13.3. The van der Waals surface area contributed by atoms with Crippen LogP contribution >= 0.6 is 39.3 Å². The number of thioether (sulfide) groups is 1. The molecule has 0 aliphatic carbocycles. The van der Waals surface area contributed by atoms with Crippen LogP contribution in [0.25, 0.3) is 0 Å². The van der Waals surface area contributed by atoms with Crippen molar-refractivity contribution in [2.75, 3.05) is 37.1 Å². The van der Waals surface area contributed by atoms with E-state index in [0.29, 0.717) is 29.9 Å². The number of rotatable bonds is 8. The molecule has 37 heavy (non-hydrogen) atoms. The van der Waals surface area contributed by atoms with Crippen LogP contribution in [0.15, 0.2) is 52.0 Å². The Kier molecular flexibility index (Phi) is 9.57. The van der Waals surface area contributed by atoms with Crippen LogP contribution in [0.2, 0.25) is 5.02 Å². The molecule has 0 saturated heterocycles. The van der Waals surface area contributed by atoms with E-state index in [1.54, 1.807) is 36.0 Å². The molecule has 0 spiro atoms. The molecule has 1 heterocycles. The molecule has 0 radical (unpaired) electrons. The van der Waals surface area contributed by atoms with Gasteiger partial charge < -0.3 is 4.74 Å². The van der Waals surface area contributed by atoms with E-state index < -0.39 is 34.2 Å². The Bertz CT molecular complexity index is 1180. The normalized spacial score (nSPS) is 17.5. The van der Waals surface area contributed by atoms with Gasteiger partial charge in [0.05, 0.1) is 29.1 Å². The number of hydrazone groups is 1. The molecule has 1 unspecified atom stereocenters. The van der Waals surface area contributed by atoms with Crippen LogP contribution in [-0.2, 0) is 15.7 Å². The summed E-state index contributed by atoms with van der Waals surface area (Å²) < 4.78 is 45.3. The zero-order valence-electron chi connectivity index (χ0n) is 20.4. The van der Waals surface area contributed by atoms with Crippen molar-refractivity contribution >= 4 is 62.7 Å². The predicted octanol–water partition coefficient (Wildman–Crippen LogP) is 7.09. The van der Waals surface area contributed by atoms with Crippen molar-refractivity contribution < 1.29 is 27.5 Å². The smallest absolute Gasteiger partial charge is 0.420 e. The van der Waals surface area contributed by atoms with Crippen LogP contribution in [0.3, 0.4) is 0 Å². The first-order chi connectivity index (χ1) is 17.4. The van der Waals surface area contributed by atoms with Crippen LogP contribution in [0.4, 0.5) is 23.7 Å². The zero-order chi connectivity index (χ0) is 27.4. The Morgan fingerprint density at radius 2 is 1.92 bits per heavy atom. The Balaban J connectivity index is 1.93. The van der Waals surface area contributed by atoms with Gasteiger partial charge in [0, 0.05) is 16.4 Å². The fourth-order valence-electron chi connectivity index (χ4n) is 4.23. The summed E-state index contributed by atoms with van der Waals surface area (Å²) in [5.74, 6) is 0.339. The number of methoxy groups -OCH3 is 1. The van der Waals surface area contributed by atoms with Crippen molar-refractivity contribution in [3.63, 3.8) is 0 Å². The van der Waals surface area contributed by atoms with Gasteiger partial charge in [0.15, 0.2) is 0 Å². The zero-order valence-corrected chi connectivity index (χ0v) is 23.6. The average Bonchev–Trinajstić information content (AvgIpc) is 3.15. The maximum Gasteiger partial charge on any atom is 0.420 e. The molecular weight excluding hydrogens is 595 g/mol. The molecule has 0 saturated carbocycles. The summed E-state index contributed by atoms with van der Waals surface area (Å²) in [6.07, 6.45) is -1.87. The number of carbonyl (C=O) groups is 2. The van der Waals surface area contributed by atoms with Crippen LogP contribution in [0, 0.1) is 5.41 Å². The lowest BCUT2D eigenvalue weighted by Crippen LogP contribution is -2.43. The Labute approximate surface area is 231 Å². The second-order valence-electron chi connectivity index (χ2n) is 8.80. The standard InChI is InChI=1S/C25H26BrClF3N3O3S/c1-24(11-4-12-37-3)15-32(31-22(24)16-5-10-19(20(27)13-16)25(28,29)30)14-21(34)33(23(35)36-2)18-8-6-17(26)7-9-18/h5-10,13H,4,11-12,14-15H2,1-3H3. The predicted molar refractivity (Wildman–Crippen MR) is 144 cm³/mol. The van der Waals surface area contributed by atoms with Crippen molar-refractivity contribution in [3.8, 4) is 0 Å². The quantitative estimate of drug-likeness (QED) is 0.295. The highest BCUT2D eigenvalue weighted by Gasteiger charge is 2.41. The van der Waals surface area contributed by atoms with Crippen LogP contribution in [-0.4, -0.2) is 54.9 Å². The van der Waals surface area contributed by atoms with E-state index in [1.807, 2.05) is 13.2 Å². The maximum atomic E-state index is 13.3. The largest absolute Gasteiger partial charge is 0.452 e. The number of halogens is 5. The number of nitrogens with zero attached hydrogens (tertiary/aromatic N) is 3. The van der Waals surface area contributed by atoms with Gasteiger partial charge in [0.2, 0.25) is 0 Å². The third-order valence-corrected chi connectivity index (χ3v) is 7.52. The van der Waals surface area contributed by atoms with Gasteiger partial charge in [-0.1, -0.05) is 40.5 Å². The highest BCUT2D eigenvalue weighted by molar-refractivity contribution is 9.10. The molecular formula is C25H26BrClF3N3O3S. The molecule has 2 aromatic carbocycles. The third kappa shape index (κ3) is 7.00. The number of imide groups is 1. The molecule has 0 aromatic heterocycles. The monoisotopic (exact) mass is 619 g/mol. The first-order valence-corrected chi connectivity index (χ1v) is 13.8. The van der Waals surface area contributed by atoms with E-state index in [9.17, 15) is 22.8 Å². The lowest BCUT2D eigenvalue weighted by atomic mass is 9.78. The fourth-order valence-corrected chi connectivity index (χ4v) is 5.21.